The molecule has 0 amide bonds. The Morgan fingerprint density at radius 2 is 1.93 bits per heavy atom. The maximum atomic E-state index is 13.2. The molecule has 2 aromatic rings. The number of halogens is 2. The summed E-state index contributed by atoms with van der Waals surface area (Å²) in [6.07, 6.45) is 0.439. The number of hydrogen-bond donors (Lipinski definition) is 0. The van der Waals surface area contributed by atoms with Crippen LogP contribution in [-0.4, -0.2) is 6.29 Å². The van der Waals surface area contributed by atoms with Crippen molar-refractivity contribution in [3.8, 4) is 0 Å². The van der Waals surface area contributed by atoms with Crippen molar-refractivity contribution in [2.45, 2.75) is 6.92 Å². The van der Waals surface area contributed by atoms with Crippen LogP contribution in [0.2, 0.25) is 0 Å². The van der Waals surface area contributed by atoms with Crippen LogP contribution < -0.4 is 0 Å². The Kier molecular flexibility index (Phi) is 1.84. The first-order valence-electron chi connectivity index (χ1n) is 3.97. The Morgan fingerprint density at radius 1 is 1.29 bits per heavy atom. The first-order valence-corrected chi connectivity index (χ1v) is 3.97. The molecule has 0 aliphatic heterocycles. The van der Waals surface area contributed by atoms with Gasteiger partial charge in [0.05, 0.1) is 5.39 Å². The van der Waals surface area contributed by atoms with Crippen molar-refractivity contribution in [2.24, 2.45) is 0 Å². The van der Waals surface area contributed by atoms with Crippen molar-refractivity contribution >= 4 is 17.3 Å². The van der Waals surface area contributed by atoms with Gasteiger partial charge in [-0.15, -0.1) is 0 Å². The standard InChI is InChI=1S/C10H6F2O2/c1-5-8(4-13)14-10-7(12)3-2-6(11)9(5)10/h2-4H,1H3. The molecule has 2 nitrogen and oxygen atoms in total. The van der Waals surface area contributed by atoms with Gasteiger partial charge in [0, 0.05) is 5.56 Å². The third kappa shape index (κ3) is 1.04. The van der Waals surface area contributed by atoms with Gasteiger partial charge in [-0.2, -0.15) is 0 Å². The van der Waals surface area contributed by atoms with Gasteiger partial charge >= 0.3 is 0 Å². The summed E-state index contributed by atoms with van der Waals surface area (Å²) in [4.78, 5) is 10.5. The molecule has 0 N–H and O–H groups in total. The van der Waals surface area contributed by atoms with E-state index in [9.17, 15) is 13.6 Å². The quantitative estimate of drug-likeness (QED) is 0.656. The van der Waals surface area contributed by atoms with Gasteiger partial charge in [-0.1, -0.05) is 0 Å². The topological polar surface area (TPSA) is 30.2 Å². The molecular weight excluding hydrogens is 190 g/mol. The predicted octanol–water partition coefficient (Wildman–Crippen LogP) is 2.83. The number of rotatable bonds is 1. The summed E-state index contributed by atoms with van der Waals surface area (Å²) in [5.41, 5.74) is 0.122. The second-order valence-electron chi connectivity index (χ2n) is 2.94. The highest BCUT2D eigenvalue weighted by atomic mass is 19.1. The lowest BCUT2D eigenvalue weighted by Crippen LogP contribution is -1.82. The Labute approximate surface area is 78.1 Å². The molecule has 0 spiro atoms. The van der Waals surface area contributed by atoms with Gasteiger partial charge in [-0.3, -0.25) is 4.79 Å². The summed E-state index contributed by atoms with van der Waals surface area (Å²) < 4.78 is 31.2. The fraction of sp³-hybridized carbons (Fsp3) is 0.100. The lowest BCUT2D eigenvalue weighted by molar-refractivity contribution is 0.110. The fourth-order valence-electron chi connectivity index (χ4n) is 1.40. The SMILES string of the molecule is Cc1c(C=O)oc2c(F)ccc(F)c12. The highest BCUT2D eigenvalue weighted by Gasteiger charge is 2.16. The third-order valence-corrected chi connectivity index (χ3v) is 2.12. The van der Waals surface area contributed by atoms with Gasteiger partial charge < -0.3 is 4.42 Å². The van der Waals surface area contributed by atoms with Gasteiger partial charge in [0.15, 0.2) is 23.4 Å². The Hall–Kier alpha value is -1.71. The van der Waals surface area contributed by atoms with E-state index in [-0.39, 0.29) is 16.7 Å². The second kappa shape index (κ2) is 2.90. The Balaban J connectivity index is 2.97. The summed E-state index contributed by atoms with van der Waals surface area (Å²) in [5, 5.41) is 0.0344. The summed E-state index contributed by atoms with van der Waals surface area (Å²) in [6, 6.07) is 1.98. The van der Waals surface area contributed by atoms with E-state index in [1.54, 1.807) is 0 Å². The number of fused-ring (bicyclic) bond motifs is 1. The molecule has 0 aliphatic rings. The highest BCUT2D eigenvalue weighted by Crippen LogP contribution is 2.28. The second-order valence-corrected chi connectivity index (χ2v) is 2.94. The van der Waals surface area contributed by atoms with Crippen molar-refractivity contribution < 1.29 is 18.0 Å². The van der Waals surface area contributed by atoms with Gasteiger partial charge in [0.25, 0.3) is 0 Å². The molecule has 1 heterocycles. The molecule has 0 fully saturated rings. The van der Waals surface area contributed by atoms with E-state index in [1.165, 1.54) is 6.92 Å². The van der Waals surface area contributed by atoms with Crippen LogP contribution in [-0.2, 0) is 0 Å². The van der Waals surface area contributed by atoms with Gasteiger partial charge in [-0.25, -0.2) is 8.78 Å². The molecule has 72 valence electrons. The monoisotopic (exact) mass is 196 g/mol. The highest BCUT2D eigenvalue weighted by molar-refractivity contribution is 5.90. The summed E-state index contributed by atoms with van der Waals surface area (Å²) in [7, 11) is 0. The van der Waals surface area contributed by atoms with Crippen molar-refractivity contribution in [1.82, 2.24) is 0 Å². The van der Waals surface area contributed by atoms with Crippen molar-refractivity contribution in [3.05, 3.63) is 35.1 Å². The van der Waals surface area contributed by atoms with E-state index >= 15 is 0 Å². The largest absolute Gasteiger partial charge is 0.450 e. The molecule has 0 aliphatic carbocycles. The predicted molar refractivity (Wildman–Crippen MR) is 46.3 cm³/mol. The maximum absolute atomic E-state index is 13.2. The van der Waals surface area contributed by atoms with Crippen LogP contribution in [0.3, 0.4) is 0 Å². The number of benzene rings is 1. The van der Waals surface area contributed by atoms with Crippen LogP contribution >= 0.6 is 0 Å². The van der Waals surface area contributed by atoms with Crippen molar-refractivity contribution in [1.29, 1.82) is 0 Å². The van der Waals surface area contributed by atoms with E-state index in [4.69, 9.17) is 4.42 Å². The molecule has 2 rings (SSSR count). The number of aryl methyl sites for hydroxylation is 1. The zero-order chi connectivity index (χ0) is 10.3. The first kappa shape index (κ1) is 8.87. The molecule has 0 saturated carbocycles. The molecule has 0 atom stereocenters. The summed E-state index contributed by atoms with van der Waals surface area (Å²) in [6.45, 7) is 1.51. The van der Waals surface area contributed by atoms with Gasteiger partial charge in [-0.05, 0) is 19.1 Å². The van der Waals surface area contributed by atoms with Crippen LogP contribution in [0.1, 0.15) is 16.1 Å². The lowest BCUT2D eigenvalue weighted by Gasteiger charge is -1.92. The molecule has 4 heteroatoms. The van der Waals surface area contributed by atoms with E-state index in [0.29, 0.717) is 11.8 Å². The van der Waals surface area contributed by atoms with Gasteiger partial charge in [0.2, 0.25) is 0 Å². The zero-order valence-corrected chi connectivity index (χ0v) is 7.30. The number of aldehydes is 1. The number of hydrogen-bond acceptors (Lipinski definition) is 2. The average Bonchev–Trinajstić information content (AvgIpc) is 2.51. The fourth-order valence-corrected chi connectivity index (χ4v) is 1.40. The van der Waals surface area contributed by atoms with E-state index in [0.717, 1.165) is 12.1 Å². The van der Waals surface area contributed by atoms with Crippen molar-refractivity contribution in [3.63, 3.8) is 0 Å². The smallest absolute Gasteiger partial charge is 0.185 e. The molecular formula is C10H6F2O2. The minimum atomic E-state index is -0.669. The molecule has 0 bridgehead atoms. The number of furan rings is 1. The van der Waals surface area contributed by atoms with E-state index in [1.807, 2.05) is 0 Å². The minimum Gasteiger partial charge on any atom is -0.450 e. The molecule has 1 aromatic carbocycles. The Morgan fingerprint density at radius 3 is 2.50 bits per heavy atom. The van der Waals surface area contributed by atoms with Crippen molar-refractivity contribution in [2.75, 3.05) is 0 Å². The Bertz CT molecular complexity index is 514. The number of carbonyl (C=O) groups excluding carboxylic acids is 1. The van der Waals surface area contributed by atoms with Crippen LogP contribution in [0.15, 0.2) is 16.5 Å². The molecule has 1 aromatic heterocycles. The summed E-state index contributed by atoms with van der Waals surface area (Å²) >= 11 is 0. The normalized spacial score (nSPS) is 10.8. The third-order valence-electron chi connectivity index (χ3n) is 2.12. The molecule has 0 unspecified atom stereocenters. The zero-order valence-electron chi connectivity index (χ0n) is 7.30. The van der Waals surface area contributed by atoms with Crippen LogP contribution in [0.5, 0.6) is 0 Å². The van der Waals surface area contributed by atoms with Crippen LogP contribution in [0.25, 0.3) is 11.0 Å². The molecule has 14 heavy (non-hydrogen) atoms. The van der Waals surface area contributed by atoms with Crippen LogP contribution in [0.4, 0.5) is 8.78 Å². The van der Waals surface area contributed by atoms with E-state index in [2.05, 4.69) is 0 Å². The average molecular weight is 196 g/mol. The summed E-state index contributed by atoms with van der Waals surface area (Å²) in [5.74, 6) is -1.29. The van der Waals surface area contributed by atoms with E-state index < -0.39 is 11.6 Å². The molecule has 0 radical (unpaired) electrons. The minimum absolute atomic E-state index is 0.0344. The lowest BCUT2D eigenvalue weighted by atomic mass is 10.1. The molecule has 0 saturated heterocycles. The first-order chi connectivity index (χ1) is 6.65. The van der Waals surface area contributed by atoms with Crippen LogP contribution in [0, 0.1) is 18.6 Å². The van der Waals surface area contributed by atoms with Gasteiger partial charge in [0.1, 0.15) is 5.82 Å². The number of carbonyl (C=O) groups is 1. The maximum Gasteiger partial charge on any atom is 0.185 e.